The highest BCUT2D eigenvalue weighted by Gasteiger charge is 2.33. The molecule has 0 unspecified atom stereocenters. The van der Waals surface area contributed by atoms with E-state index in [1.54, 1.807) is 6.07 Å². The number of nitro groups is 1. The summed E-state index contributed by atoms with van der Waals surface area (Å²) in [6, 6.07) is 5.61. The number of rotatable bonds is 3. The second kappa shape index (κ2) is 4.35. The van der Waals surface area contributed by atoms with Crippen molar-refractivity contribution in [2.24, 2.45) is 0 Å². The van der Waals surface area contributed by atoms with Gasteiger partial charge in [0, 0.05) is 18.7 Å². The van der Waals surface area contributed by atoms with Crippen molar-refractivity contribution in [3.63, 3.8) is 0 Å². The van der Waals surface area contributed by atoms with Gasteiger partial charge in [0.15, 0.2) is 0 Å². The first-order valence-electron chi connectivity index (χ1n) is 4.92. The largest absolute Gasteiger partial charge is 0.304 e. The van der Waals surface area contributed by atoms with Crippen LogP contribution in [0.25, 0.3) is 0 Å². The number of benzene rings is 1. The average molecular weight is 271 g/mol. The second-order valence-corrected chi connectivity index (χ2v) is 5.40. The van der Waals surface area contributed by atoms with Crippen molar-refractivity contribution in [1.82, 2.24) is 9.03 Å². The molecule has 1 fully saturated rings. The molecule has 1 saturated heterocycles. The van der Waals surface area contributed by atoms with Crippen LogP contribution >= 0.6 is 0 Å². The molecule has 0 radical (unpaired) electrons. The molecule has 1 amide bonds. The van der Waals surface area contributed by atoms with Gasteiger partial charge < -0.3 is 0 Å². The Bertz CT molecular complexity index is 612. The quantitative estimate of drug-likeness (QED) is 0.603. The fraction of sp³-hybridized carbons (Fsp3) is 0.222. The van der Waals surface area contributed by atoms with E-state index in [1.807, 2.05) is 4.72 Å². The number of nitrogens with one attached hydrogen (secondary N) is 1. The zero-order valence-electron chi connectivity index (χ0n) is 9.07. The van der Waals surface area contributed by atoms with Crippen LogP contribution in [0.15, 0.2) is 24.3 Å². The van der Waals surface area contributed by atoms with Crippen molar-refractivity contribution >= 4 is 21.8 Å². The predicted octanol–water partition coefficient (Wildman–Crippen LogP) is -0.229. The Hall–Kier alpha value is -2.00. The Labute approximate surface area is 103 Å². The number of amides is 1. The molecule has 0 aliphatic carbocycles. The first kappa shape index (κ1) is 12.5. The highest BCUT2D eigenvalue weighted by molar-refractivity contribution is 7.88. The van der Waals surface area contributed by atoms with E-state index in [1.165, 1.54) is 18.2 Å². The molecular weight excluding hydrogens is 262 g/mol. The summed E-state index contributed by atoms with van der Waals surface area (Å²) in [5.41, 5.74) is 0.327. The lowest BCUT2D eigenvalue weighted by Crippen LogP contribution is -2.29. The molecule has 0 aromatic heterocycles. The van der Waals surface area contributed by atoms with Gasteiger partial charge in [-0.05, 0) is 5.56 Å². The van der Waals surface area contributed by atoms with Crippen LogP contribution in [0.3, 0.4) is 0 Å². The maximum absolute atomic E-state index is 11.5. The van der Waals surface area contributed by atoms with Gasteiger partial charge in [-0.1, -0.05) is 12.1 Å². The third-order valence-electron chi connectivity index (χ3n) is 2.38. The van der Waals surface area contributed by atoms with Gasteiger partial charge in [-0.3, -0.25) is 14.9 Å². The van der Waals surface area contributed by atoms with Crippen molar-refractivity contribution in [3.8, 4) is 0 Å². The second-order valence-electron chi connectivity index (χ2n) is 3.73. The maximum Gasteiger partial charge on any atom is 0.304 e. The lowest BCUT2D eigenvalue weighted by molar-refractivity contribution is -0.384. The highest BCUT2D eigenvalue weighted by atomic mass is 32.2. The normalized spacial score (nSPS) is 18.6. The minimum atomic E-state index is -3.80. The zero-order chi connectivity index (χ0) is 13.3. The maximum atomic E-state index is 11.5. The van der Waals surface area contributed by atoms with Crippen molar-refractivity contribution in [3.05, 3.63) is 39.9 Å². The van der Waals surface area contributed by atoms with E-state index >= 15 is 0 Å². The summed E-state index contributed by atoms with van der Waals surface area (Å²) in [7, 11) is -3.80. The Kier molecular flexibility index (Phi) is 3.01. The number of nitro benzene ring substituents is 1. The molecule has 1 aromatic rings. The molecule has 0 bridgehead atoms. The molecule has 0 saturated carbocycles. The SMILES string of the molecule is O=C1CN(Cc2cccc([N+](=O)[O-])c2)S(=O)(=O)N1. The summed E-state index contributed by atoms with van der Waals surface area (Å²) in [4.78, 5) is 21.0. The van der Waals surface area contributed by atoms with Gasteiger partial charge in [-0.2, -0.15) is 12.7 Å². The highest BCUT2D eigenvalue weighted by Crippen LogP contribution is 2.17. The molecule has 1 heterocycles. The third kappa shape index (κ3) is 2.46. The van der Waals surface area contributed by atoms with Crippen LogP contribution in [-0.2, 0) is 21.5 Å². The molecule has 0 spiro atoms. The summed E-state index contributed by atoms with van der Waals surface area (Å²) in [5, 5.41) is 10.6. The van der Waals surface area contributed by atoms with Crippen LogP contribution in [-0.4, -0.2) is 30.1 Å². The predicted molar refractivity (Wildman–Crippen MR) is 60.6 cm³/mol. The first-order valence-corrected chi connectivity index (χ1v) is 6.36. The summed E-state index contributed by atoms with van der Waals surface area (Å²) in [5.74, 6) is -0.611. The molecule has 1 aliphatic rings. The summed E-state index contributed by atoms with van der Waals surface area (Å²) < 4.78 is 25.7. The summed E-state index contributed by atoms with van der Waals surface area (Å²) in [6.45, 7) is -0.353. The Morgan fingerprint density at radius 2 is 2.17 bits per heavy atom. The number of carbonyl (C=O) groups excluding carboxylic acids is 1. The number of carbonyl (C=O) groups is 1. The van der Waals surface area contributed by atoms with E-state index in [0.29, 0.717) is 5.56 Å². The fourth-order valence-corrected chi connectivity index (χ4v) is 2.69. The van der Waals surface area contributed by atoms with Gasteiger partial charge >= 0.3 is 10.2 Å². The monoisotopic (exact) mass is 271 g/mol. The van der Waals surface area contributed by atoms with Crippen molar-refractivity contribution in [2.75, 3.05) is 6.54 Å². The molecule has 1 aromatic carbocycles. The zero-order valence-corrected chi connectivity index (χ0v) is 9.88. The number of non-ortho nitro benzene ring substituents is 1. The summed E-state index contributed by atoms with van der Waals surface area (Å²) in [6.07, 6.45) is 0. The van der Waals surface area contributed by atoms with E-state index in [2.05, 4.69) is 0 Å². The molecule has 18 heavy (non-hydrogen) atoms. The standard InChI is InChI=1S/C9H9N3O5S/c13-9-6-11(18(16,17)10-9)5-7-2-1-3-8(4-7)12(14)15/h1-4H,5-6H2,(H,10,13). The fourth-order valence-electron chi connectivity index (χ4n) is 1.60. The molecule has 96 valence electrons. The molecular formula is C9H9N3O5S. The Morgan fingerprint density at radius 1 is 1.44 bits per heavy atom. The van der Waals surface area contributed by atoms with Gasteiger partial charge in [0.25, 0.3) is 5.69 Å². The lowest BCUT2D eigenvalue weighted by atomic mass is 10.2. The van der Waals surface area contributed by atoms with Crippen LogP contribution in [0.4, 0.5) is 5.69 Å². The van der Waals surface area contributed by atoms with Gasteiger partial charge in [0.2, 0.25) is 5.91 Å². The minimum absolute atomic E-state index is 0.0806. The van der Waals surface area contributed by atoms with E-state index in [-0.39, 0.29) is 18.8 Å². The van der Waals surface area contributed by atoms with Crippen molar-refractivity contribution < 1.29 is 18.1 Å². The molecule has 2 rings (SSSR count). The van der Waals surface area contributed by atoms with Gasteiger partial charge in [-0.15, -0.1) is 0 Å². The molecule has 1 N–H and O–H groups in total. The van der Waals surface area contributed by atoms with Crippen LogP contribution in [0.2, 0.25) is 0 Å². The molecule has 1 aliphatic heterocycles. The smallest absolute Gasteiger partial charge is 0.272 e. The number of hydrogen-bond donors (Lipinski definition) is 1. The van der Waals surface area contributed by atoms with Gasteiger partial charge in [-0.25, -0.2) is 4.72 Å². The third-order valence-corrected chi connectivity index (χ3v) is 3.81. The summed E-state index contributed by atoms with van der Waals surface area (Å²) >= 11 is 0. The van der Waals surface area contributed by atoms with Crippen LogP contribution in [0, 0.1) is 10.1 Å². The number of nitrogens with zero attached hydrogens (tertiary/aromatic N) is 2. The topological polar surface area (TPSA) is 110 Å². The Morgan fingerprint density at radius 3 is 2.72 bits per heavy atom. The lowest BCUT2D eigenvalue weighted by Gasteiger charge is -2.11. The van der Waals surface area contributed by atoms with Crippen LogP contribution in [0.5, 0.6) is 0 Å². The van der Waals surface area contributed by atoms with Crippen molar-refractivity contribution in [1.29, 1.82) is 0 Å². The minimum Gasteiger partial charge on any atom is -0.272 e. The Balaban J connectivity index is 2.22. The van der Waals surface area contributed by atoms with Crippen molar-refractivity contribution in [2.45, 2.75) is 6.54 Å². The molecule has 9 heteroatoms. The average Bonchev–Trinajstić information content (AvgIpc) is 2.52. The van der Waals surface area contributed by atoms with E-state index in [4.69, 9.17) is 0 Å². The van der Waals surface area contributed by atoms with Crippen LogP contribution in [0.1, 0.15) is 5.56 Å². The van der Waals surface area contributed by atoms with Gasteiger partial charge in [0.1, 0.15) is 0 Å². The molecule has 8 nitrogen and oxygen atoms in total. The van der Waals surface area contributed by atoms with Gasteiger partial charge in [0.05, 0.1) is 11.5 Å². The van der Waals surface area contributed by atoms with E-state index < -0.39 is 21.0 Å². The van der Waals surface area contributed by atoms with Crippen LogP contribution < -0.4 is 4.72 Å². The van der Waals surface area contributed by atoms with E-state index in [0.717, 1.165) is 4.31 Å². The molecule has 0 atom stereocenters. The number of hydrogen-bond acceptors (Lipinski definition) is 5. The van der Waals surface area contributed by atoms with E-state index in [9.17, 15) is 23.3 Å². The first-order chi connectivity index (χ1) is 8.38.